The minimum Gasteiger partial charge on any atom is -0.480 e. The van der Waals surface area contributed by atoms with E-state index in [1.54, 1.807) is 0 Å². The van der Waals surface area contributed by atoms with Crippen LogP contribution in [0, 0.1) is 11.8 Å². The van der Waals surface area contributed by atoms with Gasteiger partial charge >= 0.3 is 11.7 Å². The normalized spacial score (nSPS) is 18.4. The smallest absolute Gasteiger partial charge is 0.364 e. The Morgan fingerprint density at radius 2 is 1.47 bits per heavy atom. The molecule has 0 radical (unpaired) electrons. The van der Waals surface area contributed by atoms with Gasteiger partial charge in [0.05, 0.1) is 6.61 Å². The van der Waals surface area contributed by atoms with Gasteiger partial charge in [0, 0.05) is 17.7 Å². The summed E-state index contributed by atoms with van der Waals surface area (Å²) in [6.07, 6.45) is 3.83. The van der Waals surface area contributed by atoms with Crippen LogP contribution in [-0.2, 0) is 16.1 Å². The lowest BCUT2D eigenvalue weighted by atomic mass is 9.82. The largest absolute Gasteiger partial charge is 0.480 e. The molecule has 1 aromatic heterocycles. The lowest BCUT2D eigenvalue weighted by molar-refractivity contribution is -0.142. The molecule has 0 aliphatic heterocycles. The van der Waals surface area contributed by atoms with Crippen LogP contribution in [0.3, 0.4) is 0 Å². The minimum absolute atomic E-state index is 0.249. The van der Waals surface area contributed by atoms with Crippen molar-refractivity contribution in [2.75, 3.05) is 13.2 Å². The van der Waals surface area contributed by atoms with Crippen LogP contribution in [0.4, 0.5) is 0 Å². The highest BCUT2D eigenvalue weighted by molar-refractivity contribution is 5.77. The van der Waals surface area contributed by atoms with Gasteiger partial charge in [-0.05, 0) is 37.5 Å². The topological polar surface area (TPSA) is 94.3 Å². The van der Waals surface area contributed by atoms with Crippen LogP contribution in [0.5, 0.6) is 0 Å². The van der Waals surface area contributed by atoms with E-state index < -0.39 is 5.97 Å². The number of carboxylic acid groups (broad SMARTS) is 1. The van der Waals surface area contributed by atoms with Crippen LogP contribution >= 0.6 is 0 Å². The van der Waals surface area contributed by atoms with Gasteiger partial charge < -0.3 is 9.84 Å². The molecule has 0 spiro atoms. The van der Waals surface area contributed by atoms with Crippen LogP contribution in [0.2, 0.25) is 0 Å². The molecule has 0 atom stereocenters. The molecule has 0 amide bonds. The molecule has 1 aliphatic carbocycles. The first-order valence-corrected chi connectivity index (χ1v) is 11.0. The quantitative estimate of drug-likeness (QED) is 0.579. The Morgan fingerprint density at radius 3 is 2.06 bits per heavy atom. The van der Waals surface area contributed by atoms with Crippen molar-refractivity contribution < 1.29 is 14.6 Å². The van der Waals surface area contributed by atoms with Crippen LogP contribution < -0.4 is 5.69 Å². The molecule has 4 rings (SSSR count). The molecule has 166 valence electrons. The molecule has 3 aromatic rings. The Balaban J connectivity index is 1.52. The molecule has 1 aliphatic rings. The number of hydrogen-bond acceptors (Lipinski definition) is 5. The van der Waals surface area contributed by atoms with E-state index in [0.29, 0.717) is 36.4 Å². The summed E-state index contributed by atoms with van der Waals surface area (Å²) < 4.78 is 6.75. The summed E-state index contributed by atoms with van der Waals surface area (Å²) >= 11 is 0. The molecular formula is C25H27N3O4. The predicted octanol–water partition coefficient (Wildman–Crippen LogP) is 3.88. The van der Waals surface area contributed by atoms with Gasteiger partial charge in [0.25, 0.3) is 0 Å². The second-order valence-corrected chi connectivity index (χ2v) is 8.30. The second kappa shape index (κ2) is 10.3. The van der Waals surface area contributed by atoms with E-state index >= 15 is 0 Å². The Bertz CT molecular complexity index is 1090. The number of benzene rings is 2. The highest BCUT2D eigenvalue weighted by Gasteiger charge is 2.23. The van der Waals surface area contributed by atoms with Gasteiger partial charge in [-0.25, -0.2) is 14.3 Å². The fourth-order valence-electron chi connectivity index (χ4n) is 4.26. The summed E-state index contributed by atoms with van der Waals surface area (Å²) in [4.78, 5) is 27.9. The Kier molecular flexibility index (Phi) is 7.07. The van der Waals surface area contributed by atoms with Crippen LogP contribution in [0.15, 0.2) is 65.5 Å². The highest BCUT2D eigenvalue weighted by Crippen LogP contribution is 2.31. The van der Waals surface area contributed by atoms with Crippen molar-refractivity contribution in [3.8, 4) is 22.5 Å². The van der Waals surface area contributed by atoms with E-state index in [-0.39, 0.29) is 12.3 Å². The summed E-state index contributed by atoms with van der Waals surface area (Å²) in [6.45, 7) is 0.757. The van der Waals surface area contributed by atoms with E-state index in [4.69, 9.17) is 14.9 Å². The van der Waals surface area contributed by atoms with Gasteiger partial charge in [0.15, 0.2) is 0 Å². The molecule has 0 unspecified atom stereocenters. The molecule has 1 fully saturated rings. The molecule has 7 nitrogen and oxygen atoms in total. The summed E-state index contributed by atoms with van der Waals surface area (Å²) in [7, 11) is 0. The number of rotatable bonds is 8. The van der Waals surface area contributed by atoms with Crippen LogP contribution in [-0.4, -0.2) is 39.1 Å². The minimum atomic E-state index is -0.940. The molecule has 1 N–H and O–H groups in total. The third-order valence-electron chi connectivity index (χ3n) is 5.94. The number of hydrogen-bond donors (Lipinski definition) is 1. The maximum absolute atomic E-state index is 12.9. The number of carbonyl (C=O) groups is 1. The van der Waals surface area contributed by atoms with Crippen molar-refractivity contribution in [1.82, 2.24) is 14.8 Å². The Morgan fingerprint density at radius 1 is 0.906 bits per heavy atom. The summed E-state index contributed by atoms with van der Waals surface area (Å²) in [5.41, 5.74) is 2.75. The predicted molar refractivity (Wildman–Crippen MR) is 121 cm³/mol. The molecular weight excluding hydrogens is 406 g/mol. The number of nitrogens with zero attached hydrogens (tertiary/aromatic N) is 3. The van der Waals surface area contributed by atoms with Crippen molar-refractivity contribution in [1.29, 1.82) is 0 Å². The Labute approximate surface area is 186 Å². The van der Waals surface area contributed by atoms with Crippen molar-refractivity contribution in [2.24, 2.45) is 11.8 Å². The van der Waals surface area contributed by atoms with E-state index in [1.165, 1.54) is 4.68 Å². The lowest BCUT2D eigenvalue weighted by Crippen LogP contribution is -2.31. The van der Waals surface area contributed by atoms with Crippen molar-refractivity contribution in [2.45, 2.75) is 32.2 Å². The van der Waals surface area contributed by atoms with Crippen molar-refractivity contribution in [3.05, 3.63) is 71.1 Å². The van der Waals surface area contributed by atoms with Gasteiger partial charge in [0.2, 0.25) is 0 Å². The zero-order valence-electron chi connectivity index (χ0n) is 17.9. The first-order chi connectivity index (χ1) is 15.6. The molecule has 1 heterocycles. The van der Waals surface area contributed by atoms with Crippen molar-refractivity contribution in [3.63, 3.8) is 0 Å². The fourth-order valence-corrected chi connectivity index (χ4v) is 4.26. The Hall–Kier alpha value is -3.32. The zero-order valence-corrected chi connectivity index (χ0v) is 17.9. The molecule has 7 heteroatoms. The number of aromatic nitrogens is 3. The van der Waals surface area contributed by atoms with Crippen molar-refractivity contribution >= 4 is 5.97 Å². The van der Waals surface area contributed by atoms with Gasteiger partial charge in [-0.15, -0.1) is 0 Å². The maximum Gasteiger partial charge on any atom is 0.364 e. The third kappa shape index (κ3) is 5.48. The van der Waals surface area contributed by atoms with E-state index in [0.717, 1.165) is 36.8 Å². The third-order valence-corrected chi connectivity index (χ3v) is 5.94. The van der Waals surface area contributed by atoms with Gasteiger partial charge in [-0.2, -0.15) is 10.1 Å². The number of aliphatic carboxylic acids is 1. The van der Waals surface area contributed by atoms with Crippen LogP contribution in [0.25, 0.3) is 22.5 Å². The van der Waals surface area contributed by atoms with E-state index in [1.807, 2.05) is 60.7 Å². The highest BCUT2D eigenvalue weighted by atomic mass is 16.5. The van der Waals surface area contributed by atoms with Gasteiger partial charge in [-0.1, -0.05) is 60.7 Å². The molecule has 0 bridgehead atoms. The first-order valence-electron chi connectivity index (χ1n) is 11.0. The second-order valence-electron chi connectivity index (χ2n) is 8.30. The molecule has 1 saturated carbocycles. The molecule has 32 heavy (non-hydrogen) atoms. The summed E-state index contributed by atoms with van der Waals surface area (Å²) in [5, 5.41) is 13.5. The molecule has 2 aromatic carbocycles. The maximum atomic E-state index is 12.9. The van der Waals surface area contributed by atoms with Gasteiger partial charge in [0.1, 0.15) is 18.0 Å². The van der Waals surface area contributed by atoms with Gasteiger partial charge in [-0.3, -0.25) is 0 Å². The number of carboxylic acids is 1. The summed E-state index contributed by atoms with van der Waals surface area (Å²) in [5.74, 6) is -0.234. The average molecular weight is 434 g/mol. The first kappa shape index (κ1) is 21.9. The standard InChI is InChI=1S/C25H27N3O4/c29-22(30)17-32-16-19-13-11-18(12-14-19)15-28-25(31)26-23(20-7-3-1-4-8-20)24(27-28)21-9-5-2-6-10-21/h1-10,18-19H,11-17H2,(H,29,30)/t18-,19-. The van der Waals surface area contributed by atoms with E-state index in [9.17, 15) is 9.59 Å². The summed E-state index contributed by atoms with van der Waals surface area (Å²) in [6, 6.07) is 19.5. The monoisotopic (exact) mass is 433 g/mol. The van der Waals surface area contributed by atoms with E-state index in [2.05, 4.69) is 4.98 Å². The van der Waals surface area contributed by atoms with Crippen LogP contribution in [0.1, 0.15) is 25.7 Å². The SMILES string of the molecule is O=C(O)COC[C@H]1CC[C@H](Cn2nc(-c3ccccc3)c(-c3ccccc3)nc2=O)CC1. The molecule has 0 saturated heterocycles. The zero-order chi connectivity index (χ0) is 22.3. The average Bonchev–Trinajstić information content (AvgIpc) is 2.82. The lowest BCUT2D eigenvalue weighted by Gasteiger charge is -2.28. The number of ether oxygens (including phenoxy) is 1. The fraction of sp³-hybridized carbons (Fsp3) is 0.360.